The minimum Gasteiger partial charge on any atom is -0.310 e. The van der Waals surface area contributed by atoms with Crippen molar-refractivity contribution in [1.29, 1.82) is 0 Å². The Morgan fingerprint density at radius 1 is 1.33 bits per heavy atom. The van der Waals surface area contributed by atoms with Gasteiger partial charge in [0, 0.05) is 30.7 Å². The number of nitrogens with zero attached hydrogens (tertiary/aromatic N) is 2. The van der Waals surface area contributed by atoms with Crippen molar-refractivity contribution in [3.05, 3.63) is 34.3 Å². The Balaban J connectivity index is 2.07. The highest BCUT2D eigenvalue weighted by molar-refractivity contribution is 7.89. The summed E-state index contributed by atoms with van der Waals surface area (Å²) < 4.78 is 29.0. The summed E-state index contributed by atoms with van der Waals surface area (Å²) in [6.07, 6.45) is 1.78. The van der Waals surface area contributed by atoms with E-state index in [2.05, 4.69) is 15.1 Å². The van der Waals surface area contributed by atoms with E-state index < -0.39 is 10.0 Å². The van der Waals surface area contributed by atoms with Crippen LogP contribution in [0.1, 0.15) is 24.4 Å². The number of hydrogen-bond acceptors (Lipinski definition) is 5. The predicted molar refractivity (Wildman–Crippen MR) is 83.5 cm³/mol. The van der Waals surface area contributed by atoms with E-state index in [-0.39, 0.29) is 6.54 Å². The zero-order valence-corrected chi connectivity index (χ0v) is 14.0. The van der Waals surface area contributed by atoms with Gasteiger partial charge in [0.25, 0.3) is 0 Å². The number of nitrogens with one attached hydrogen (secondary N) is 2. The van der Waals surface area contributed by atoms with Gasteiger partial charge in [-0.25, -0.2) is 13.1 Å². The fraction of sp³-hybridized carbons (Fsp3) is 0.462. The molecule has 0 unspecified atom stereocenters. The van der Waals surface area contributed by atoms with Gasteiger partial charge < -0.3 is 5.32 Å². The van der Waals surface area contributed by atoms with Gasteiger partial charge >= 0.3 is 0 Å². The summed E-state index contributed by atoms with van der Waals surface area (Å²) in [5, 5.41) is 9.20. The van der Waals surface area contributed by atoms with Gasteiger partial charge in [-0.1, -0.05) is 13.8 Å². The molecule has 21 heavy (non-hydrogen) atoms. The normalized spacial score (nSPS) is 12.2. The summed E-state index contributed by atoms with van der Waals surface area (Å²) in [4.78, 5) is 1.16. The first-order valence-electron chi connectivity index (χ1n) is 6.66. The van der Waals surface area contributed by atoms with E-state index in [0.29, 0.717) is 23.2 Å². The predicted octanol–water partition coefficient (Wildman–Crippen LogP) is 1.46. The van der Waals surface area contributed by atoms with Gasteiger partial charge in [-0.05, 0) is 17.5 Å². The van der Waals surface area contributed by atoms with Crippen LogP contribution in [0, 0.1) is 0 Å². The first-order valence-corrected chi connectivity index (χ1v) is 9.02. The first-order chi connectivity index (χ1) is 9.88. The molecule has 0 fully saturated rings. The van der Waals surface area contributed by atoms with Crippen molar-refractivity contribution in [2.75, 3.05) is 0 Å². The Morgan fingerprint density at radius 2 is 2.10 bits per heavy atom. The van der Waals surface area contributed by atoms with E-state index in [4.69, 9.17) is 0 Å². The summed E-state index contributed by atoms with van der Waals surface area (Å²) in [5.41, 5.74) is 0.693. The fourth-order valence-corrected chi connectivity index (χ4v) is 4.19. The van der Waals surface area contributed by atoms with E-state index in [1.807, 2.05) is 13.8 Å². The summed E-state index contributed by atoms with van der Waals surface area (Å²) in [6, 6.07) is 3.74. The topological polar surface area (TPSA) is 76.0 Å². The lowest BCUT2D eigenvalue weighted by Crippen LogP contribution is -2.26. The molecule has 0 spiro atoms. The number of hydrogen-bond donors (Lipinski definition) is 2. The number of sulfonamides is 1. The monoisotopic (exact) mass is 328 g/mol. The molecular formula is C13H20N4O2S2. The second-order valence-electron chi connectivity index (χ2n) is 5.05. The van der Waals surface area contributed by atoms with Gasteiger partial charge in [0.1, 0.15) is 0 Å². The Hall–Kier alpha value is -1.22. The lowest BCUT2D eigenvalue weighted by atomic mass is 10.4. The van der Waals surface area contributed by atoms with E-state index >= 15 is 0 Å². The average molecular weight is 328 g/mol. The molecule has 0 aliphatic heterocycles. The van der Waals surface area contributed by atoms with Crippen molar-refractivity contribution in [2.24, 2.45) is 7.05 Å². The molecule has 2 rings (SSSR count). The number of thiophene rings is 1. The molecule has 2 heterocycles. The maximum absolute atomic E-state index is 12.4. The summed E-state index contributed by atoms with van der Waals surface area (Å²) in [5.74, 6) is 0. The van der Waals surface area contributed by atoms with Gasteiger partial charge in [0.15, 0.2) is 0 Å². The number of aromatic nitrogens is 2. The largest absolute Gasteiger partial charge is 0.310 e. The number of rotatable bonds is 7. The average Bonchev–Trinajstić information content (AvgIpc) is 3.03. The zero-order chi connectivity index (χ0) is 15.5. The molecule has 0 aliphatic carbocycles. The molecule has 2 aromatic heterocycles. The van der Waals surface area contributed by atoms with Crippen LogP contribution >= 0.6 is 11.3 Å². The Labute approximate surface area is 129 Å². The van der Waals surface area contributed by atoms with E-state index in [0.717, 1.165) is 4.88 Å². The lowest BCUT2D eigenvalue weighted by molar-refractivity contribution is 0.570. The van der Waals surface area contributed by atoms with Crippen molar-refractivity contribution >= 4 is 21.4 Å². The fourth-order valence-electron chi connectivity index (χ4n) is 1.80. The lowest BCUT2D eigenvalue weighted by Gasteiger charge is -2.09. The molecule has 0 saturated carbocycles. The van der Waals surface area contributed by atoms with Crippen LogP contribution in [0.5, 0.6) is 0 Å². The molecule has 0 amide bonds. The van der Waals surface area contributed by atoms with Gasteiger partial charge in [0.2, 0.25) is 10.0 Å². The molecule has 6 nitrogen and oxygen atoms in total. The minimum atomic E-state index is -3.51. The first kappa shape index (κ1) is 16.2. The van der Waals surface area contributed by atoms with Gasteiger partial charge in [-0.2, -0.15) is 5.10 Å². The van der Waals surface area contributed by atoms with Crippen LogP contribution in [-0.2, 0) is 30.2 Å². The van der Waals surface area contributed by atoms with Crippen LogP contribution in [0.15, 0.2) is 28.6 Å². The van der Waals surface area contributed by atoms with E-state index in [1.165, 1.54) is 11.3 Å². The van der Waals surface area contributed by atoms with Crippen molar-refractivity contribution < 1.29 is 8.42 Å². The standard InChI is InChI=1S/C13H20N4O2S2/c1-10(2)14-9-12-13(5-7-20-12)21(18,19)15-8-11-4-6-17(3)16-11/h4-7,10,14-15H,8-9H2,1-3H3. The number of aryl methyl sites for hydroxylation is 1. The molecule has 0 bridgehead atoms. The highest BCUT2D eigenvalue weighted by Gasteiger charge is 2.19. The molecule has 116 valence electrons. The SMILES string of the molecule is CC(C)NCc1sccc1S(=O)(=O)NCc1ccn(C)n1. The molecule has 2 aromatic rings. The highest BCUT2D eigenvalue weighted by Crippen LogP contribution is 2.22. The van der Waals surface area contributed by atoms with Gasteiger partial charge in [0.05, 0.1) is 17.1 Å². The second-order valence-corrected chi connectivity index (χ2v) is 7.78. The molecule has 0 aliphatic rings. The minimum absolute atomic E-state index is 0.191. The van der Waals surface area contributed by atoms with Gasteiger partial charge in [-0.3, -0.25) is 4.68 Å². The molecule has 0 aromatic carbocycles. The molecule has 0 saturated heterocycles. The molecular weight excluding hydrogens is 308 g/mol. The zero-order valence-electron chi connectivity index (χ0n) is 12.3. The van der Waals surface area contributed by atoms with Gasteiger partial charge in [-0.15, -0.1) is 11.3 Å². The second kappa shape index (κ2) is 6.69. The smallest absolute Gasteiger partial charge is 0.242 e. The summed E-state index contributed by atoms with van der Waals surface area (Å²) in [7, 11) is -1.72. The maximum atomic E-state index is 12.4. The third-order valence-electron chi connectivity index (χ3n) is 2.88. The van der Waals surface area contributed by atoms with Crippen LogP contribution in [0.2, 0.25) is 0 Å². The summed E-state index contributed by atoms with van der Waals surface area (Å²) in [6.45, 7) is 4.80. The Morgan fingerprint density at radius 3 is 2.71 bits per heavy atom. The van der Waals surface area contributed by atoms with Crippen molar-refractivity contribution in [3.63, 3.8) is 0 Å². The van der Waals surface area contributed by atoms with Crippen LogP contribution in [0.25, 0.3) is 0 Å². The third kappa shape index (κ3) is 4.37. The molecule has 8 heteroatoms. The Bertz CT molecular complexity index is 689. The highest BCUT2D eigenvalue weighted by atomic mass is 32.2. The maximum Gasteiger partial charge on any atom is 0.242 e. The quantitative estimate of drug-likeness (QED) is 0.807. The van der Waals surface area contributed by atoms with Crippen LogP contribution in [-0.4, -0.2) is 24.2 Å². The van der Waals surface area contributed by atoms with Crippen LogP contribution in [0.4, 0.5) is 0 Å². The summed E-state index contributed by atoms with van der Waals surface area (Å²) >= 11 is 1.44. The molecule has 2 N–H and O–H groups in total. The van der Waals surface area contributed by atoms with Crippen molar-refractivity contribution in [3.8, 4) is 0 Å². The van der Waals surface area contributed by atoms with E-state index in [1.54, 1.807) is 35.4 Å². The Kier molecular flexibility index (Phi) is 5.15. The van der Waals surface area contributed by atoms with Crippen LogP contribution < -0.4 is 10.0 Å². The van der Waals surface area contributed by atoms with Crippen molar-refractivity contribution in [2.45, 2.75) is 37.9 Å². The van der Waals surface area contributed by atoms with Crippen LogP contribution in [0.3, 0.4) is 0 Å². The molecule has 0 atom stereocenters. The van der Waals surface area contributed by atoms with Crippen molar-refractivity contribution in [1.82, 2.24) is 19.8 Å². The third-order valence-corrected chi connectivity index (χ3v) is 5.41. The van der Waals surface area contributed by atoms with E-state index in [9.17, 15) is 8.42 Å². The molecule has 0 radical (unpaired) electrons.